The first kappa shape index (κ1) is 13.5. The van der Waals surface area contributed by atoms with Crippen LogP contribution >= 0.6 is 0 Å². The van der Waals surface area contributed by atoms with Crippen LogP contribution in [0, 0.1) is 23.7 Å². The van der Waals surface area contributed by atoms with Crippen LogP contribution in [0.1, 0.15) is 32.1 Å². The first-order valence-corrected chi connectivity index (χ1v) is 8.61. The Labute approximate surface area is 123 Å². The molecule has 20 heavy (non-hydrogen) atoms. The van der Waals surface area contributed by atoms with Crippen molar-refractivity contribution in [2.45, 2.75) is 37.6 Å². The number of nitrogens with two attached hydrogens (primary N) is 1. The van der Waals surface area contributed by atoms with Gasteiger partial charge >= 0.3 is 0 Å². The van der Waals surface area contributed by atoms with Gasteiger partial charge in [-0.2, -0.15) is 0 Å². The first-order chi connectivity index (χ1) is 9.69. The first-order valence-electron chi connectivity index (χ1n) is 8.61. The second kappa shape index (κ2) is 4.94. The van der Waals surface area contributed by atoms with E-state index in [1.54, 1.807) is 0 Å². The summed E-state index contributed by atoms with van der Waals surface area (Å²) >= 11 is 0. The molecule has 5 fully saturated rings. The number of nitrogens with zero attached hydrogens (tertiary/aromatic N) is 2. The number of hydrazine groups is 1. The zero-order valence-electron chi connectivity index (χ0n) is 12.9. The molecular weight excluding hydrogens is 248 g/mol. The Hall–Kier alpha value is -0.160. The highest BCUT2D eigenvalue weighted by Crippen LogP contribution is 2.58. The lowest BCUT2D eigenvalue weighted by Gasteiger charge is -2.62. The maximum Gasteiger partial charge on any atom is 0.0504 e. The molecule has 0 atom stereocenters. The van der Waals surface area contributed by atoms with E-state index in [2.05, 4.69) is 22.4 Å². The summed E-state index contributed by atoms with van der Waals surface area (Å²) in [5.74, 6) is 3.71. The van der Waals surface area contributed by atoms with Gasteiger partial charge in [0.15, 0.2) is 0 Å². The van der Waals surface area contributed by atoms with E-state index in [0.29, 0.717) is 0 Å². The van der Waals surface area contributed by atoms with Gasteiger partial charge in [0, 0.05) is 32.7 Å². The van der Waals surface area contributed by atoms with Crippen LogP contribution in [0.2, 0.25) is 0 Å². The van der Waals surface area contributed by atoms with Crippen molar-refractivity contribution < 1.29 is 0 Å². The maximum atomic E-state index is 6.33. The fourth-order valence-electron chi connectivity index (χ4n) is 5.80. The lowest BCUT2D eigenvalue weighted by Crippen LogP contribution is -2.72. The molecule has 4 bridgehead atoms. The van der Waals surface area contributed by atoms with Gasteiger partial charge in [0.1, 0.15) is 0 Å². The van der Waals surface area contributed by atoms with Crippen molar-refractivity contribution in [1.29, 1.82) is 0 Å². The summed E-state index contributed by atoms with van der Waals surface area (Å²) in [5, 5.41) is 2.48. The zero-order chi connectivity index (χ0) is 13.7. The van der Waals surface area contributed by atoms with E-state index in [0.717, 1.165) is 43.3 Å². The average molecular weight is 278 g/mol. The number of rotatable bonds is 3. The molecule has 0 radical (unpaired) electrons. The van der Waals surface area contributed by atoms with E-state index >= 15 is 0 Å². The summed E-state index contributed by atoms with van der Waals surface area (Å²) in [4.78, 5) is 2.42. The highest BCUT2D eigenvalue weighted by Gasteiger charge is 2.57. The summed E-state index contributed by atoms with van der Waals surface area (Å²) in [6.45, 7) is 5.46. The van der Waals surface area contributed by atoms with E-state index in [1.165, 1.54) is 45.2 Å². The van der Waals surface area contributed by atoms with Crippen LogP contribution in [0.3, 0.4) is 0 Å². The third-order valence-corrected chi connectivity index (χ3v) is 6.80. The molecule has 4 nitrogen and oxygen atoms in total. The van der Waals surface area contributed by atoms with Crippen LogP contribution in [0.25, 0.3) is 0 Å². The molecule has 0 unspecified atom stereocenters. The van der Waals surface area contributed by atoms with E-state index in [4.69, 9.17) is 5.73 Å². The molecule has 1 saturated heterocycles. The smallest absolute Gasteiger partial charge is 0.0504 e. The molecule has 5 rings (SSSR count). The molecule has 1 aliphatic heterocycles. The van der Waals surface area contributed by atoms with E-state index in [1.807, 2.05) is 0 Å². The second-order valence-corrected chi connectivity index (χ2v) is 7.95. The lowest BCUT2D eigenvalue weighted by atomic mass is 9.48. The topological polar surface area (TPSA) is 44.5 Å². The minimum absolute atomic E-state index is 0.226. The van der Waals surface area contributed by atoms with E-state index < -0.39 is 0 Å². The Morgan fingerprint density at radius 2 is 1.50 bits per heavy atom. The fraction of sp³-hybridized carbons (Fsp3) is 1.00. The van der Waals surface area contributed by atoms with Crippen molar-refractivity contribution in [3.05, 3.63) is 0 Å². The molecule has 4 heteroatoms. The van der Waals surface area contributed by atoms with E-state index in [-0.39, 0.29) is 5.54 Å². The Bertz CT molecular complexity index is 333. The SMILES string of the molecule is CN1CCN(NC2(CN)C3CC4CC(C3)CC2C4)CC1. The van der Waals surface area contributed by atoms with Gasteiger partial charge in [-0.15, -0.1) is 0 Å². The van der Waals surface area contributed by atoms with Gasteiger partial charge in [0.25, 0.3) is 0 Å². The van der Waals surface area contributed by atoms with Gasteiger partial charge in [-0.1, -0.05) is 0 Å². The van der Waals surface area contributed by atoms with Crippen molar-refractivity contribution in [2.75, 3.05) is 39.8 Å². The molecule has 114 valence electrons. The minimum atomic E-state index is 0.226. The molecule has 0 amide bonds. The van der Waals surface area contributed by atoms with Gasteiger partial charge in [-0.25, -0.2) is 10.4 Å². The van der Waals surface area contributed by atoms with Gasteiger partial charge in [-0.3, -0.25) is 0 Å². The molecule has 4 aliphatic carbocycles. The predicted molar refractivity (Wildman–Crippen MR) is 81.0 cm³/mol. The van der Waals surface area contributed by atoms with Gasteiger partial charge < -0.3 is 10.6 Å². The highest BCUT2D eigenvalue weighted by atomic mass is 15.6. The number of likely N-dealkylation sites (N-methyl/N-ethyl adjacent to an activating group) is 1. The van der Waals surface area contributed by atoms with Crippen molar-refractivity contribution >= 4 is 0 Å². The molecule has 0 spiro atoms. The van der Waals surface area contributed by atoms with E-state index in [9.17, 15) is 0 Å². The standard InChI is InChI=1S/C16H30N4/c1-19-2-4-20(5-3-19)18-16(11-17)14-7-12-6-13(9-14)10-15(16)8-12/h12-15,18H,2-11,17H2,1H3. The molecule has 3 N–H and O–H groups in total. The molecule has 0 aromatic carbocycles. The lowest BCUT2D eigenvalue weighted by molar-refractivity contribution is -0.106. The third-order valence-electron chi connectivity index (χ3n) is 6.80. The Morgan fingerprint density at radius 3 is 2.00 bits per heavy atom. The van der Waals surface area contributed by atoms with Crippen molar-refractivity contribution in [3.63, 3.8) is 0 Å². The number of hydrogen-bond donors (Lipinski definition) is 2. The van der Waals surface area contributed by atoms with Gasteiger partial charge in [-0.05, 0) is 62.8 Å². The van der Waals surface area contributed by atoms with Crippen LogP contribution in [-0.2, 0) is 0 Å². The minimum Gasteiger partial charge on any atom is -0.329 e. The fourth-order valence-corrected chi connectivity index (χ4v) is 5.80. The molecule has 5 aliphatic rings. The monoisotopic (exact) mass is 278 g/mol. The summed E-state index contributed by atoms with van der Waals surface area (Å²) in [6, 6.07) is 0. The maximum absolute atomic E-state index is 6.33. The number of piperazine rings is 1. The van der Waals surface area contributed by atoms with Crippen LogP contribution in [0.5, 0.6) is 0 Å². The van der Waals surface area contributed by atoms with Gasteiger partial charge in [0.05, 0.1) is 5.54 Å². The van der Waals surface area contributed by atoms with Crippen LogP contribution in [0.4, 0.5) is 0 Å². The van der Waals surface area contributed by atoms with Crippen molar-refractivity contribution in [1.82, 2.24) is 15.3 Å². The van der Waals surface area contributed by atoms with Crippen LogP contribution < -0.4 is 11.2 Å². The van der Waals surface area contributed by atoms with Crippen molar-refractivity contribution in [3.8, 4) is 0 Å². The van der Waals surface area contributed by atoms with Crippen molar-refractivity contribution in [2.24, 2.45) is 29.4 Å². The third kappa shape index (κ3) is 2.04. The number of hydrogen-bond acceptors (Lipinski definition) is 4. The summed E-state index contributed by atoms with van der Waals surface area (Å²) in [6.07, 6.45) is 7.26. The van der Waals surface area contributed by atoms with Gasteiger partial charge in [0.2, 0.25) is 0 Å². The molecule has 4 saturated carbocycles. The average Bonchev–Trinajstić information content (AvgIpc) is 2.44. The summed E-state index contributed by atoms with van der Waals surface area (Å²) in [7, 11) is 2.22. The largest absolute Gasteiger partial charge is 0.329 e. The number of nitrogens with one attached hydrogen (secondary N) is 1. The van der Waals surface area contributed by atoms with Crippen LogP contribution in [-0.4, -0.2) is 55.2 Å². The molecular formula is C16H30N4. The normalized spacial score (nSPS) is 48.9. The second-order valence-electron chi connectivity index (χ2n) is 7.95. The zero-order valence-corrected chi connectivity index (χ0v) is 12.9. The predicted octanol–water partition coefficient (Wildman–Crippen LogP) is 0.892. The highest BCUT2D eigenvalue weighted by molar-refractivity contribution is 5.11. The Balaban J connectivity index is 1.51. The van der Waals surface area contributed by atoms with Crippen LogP contribution in [0.15, 0.2) is 0 Å². The summed E-state index contributed by atoms with van der Waals surface area (Å²) in [5.41, 5.74) is 10.5. The Kier molecular flexibility index (Phi) is 3.33. The molecule has 0 aromatic rings. The molecule has 0 aromatic heterocycles. The molecule has 1 heterocycles. The Morgan fingerprint density at radius 1 is 0.950 bits per heavy atom. The summed E-state index contributed by atoms with van der Waals surface area (Å²) < 4.78 is 0. The quantitative estimate of drug-likeness (QED) is 0.805.